The van der Waals surface area contributed by atoms with Gasteiger partial charge in [-0.15, -0.1) is 0 Å². The first-order chi connectivity index (χ1) is 7.07. The summed E-state index contributed by atoms with van der Waals surface area (Å²) in [5.41, 5.74) is 5.68. The first-order valence-electron chi connectivity index (χ1n) is 4.35. The van der Waals surface area contributed by atoms with E-state index < -0.39 is 17.4 Å². The second kappa shape index (κ2) is 4.65. The van der Waals surface area contributed by atoms with Gasteiger partial charge in [0.1, 0.15) is 11.6 Å². The Morgan fingerprint density at radius 2 is 1.60 bits per heavy atom. The SMILES string of the molecule is COC(CN)(OC)c1cc(F)cc(F)c1. The van der Waals surface area contributed by atoms with Gasteiger partial charge in [-0.1, -0.05) is 0 Å². The Balaban J connectivity index is 3.22. The first-order valence-corrected chi connectivity index (χ1v) is 4.35. The van der Waals surface area contributed by atoms with Crippen LogP contribution in [0.3, 0.4) is 0 Å². The summed E-state index contributed by atoms with van der Waals surface area (Å²) in [4.78, 5) is 0. The smallest absolute Gasteiger partial charge is 0.207 e. The molecule has 0 amide bonds. The number of hydrogen-bond donors (Lipinski definition) is 1. The van der Waals surface area contributed by atoms with Crippen LogP contribution in [0.25, 0.3) is 0 Å². The molecule has 0 aliphatic rings. The van der Waals surface area contributed by atoms with Gasteiger partial charge in [0, 0.05) is 25.8 Å². The Morgan fingerprint density at radius 1 is 1.13 bits per heavy atom. The molecule has 3 nitrogen and oxygen atoms in total. The predicted molar refractivity (Wildman–Crippen MR) is 51.1 cm³/mol. The minimum atomic E-state index is -1.30. The van der Waals surface area contributed by atoms with Crippen molar-refractivity contribution in [2.24, 2.45) is 5.73 Å². The summed E-state index contributed by atoms with van der Waals surface area (Å²) >= 11 is 0. The van der Waals surface area contributed by atoms with E-state index in [1.807, 2.05) is 0 Å². The molecule has 0 aromatic heterocycles. The molecule has 0 aliphatic heterocycles. The van der Waals surface area contributed by atoms with Gasteiger partial charge in [0.2, 0.25) is 5.79 Å². The van der Waals surface area contributed by atoms with Crippen molar-refractivity contribution in [2.75, 3.05) is 20.8 Å². The van der Waals surface area contributed by atoms with E-state index in [1.165, 1.54) is 14.2 Å². The number of methoxy groups -OCH3 is 2. The number of benzene rings is 1. The fourth-order valence-electron chi connectivity index (χ4n) is 1.38. The number of nitrogens with two attached hydrogens (primary N) is 1. The molecule has 0 fully saturated rings. The molecule has 84 valence electrons. The van der Waals surface area contributed by atoms with Gasteiger partial charge >= 0.3 is 0 Å². The van der Waals surface area contributed by atoms with Crippen molar-refractivity contribution in [3.63, 3.8) is 0 Å². The highest BCUT2D eigenvalue weighted by Crippen LogP contribution is 2.26. The van der Waals surface area contributed by atoms with Crippen molar-refractivity contribution in [1.82, 2.24) is 0 Å². The molecule has 0 aliphatic carbocycles. The zero-order chi connectivity index (χ0) is 11.5. The van der Waals surface area contributed by atoms with Crippen molar-refractivity contribution < 1.29 is 18.3 Å². The highest BCUT2D eigenvalue weighted by molar-refractivity contribution is 5.23. The maximum atomic E-state index is 13.0. The molecule has 15 heavy (non-hydrogen) atoms. The average molecular weight is 217 g/mol. The number of rotatable bonds is 4. The van der Waals surface area contributed by atoms with Crippen LogP contribution in [0.4, 0.5) is 8.78 Å². The molecule has 0 radical (unpaired) electrons. The summed E-state index contributed by atoms with van der Waals surface area (Å²) in [5, 5.41) is 0. The van der Waals surface area contributed by atoms with Crippen molar-refractivity contribution in [3.8, 4) is 0 Å². The molecular formula is C10H13F2NO2. The van der Waals surface area contributed by atoms with Crippen LogP contribution in [0.1, 0.15) is 5.56 Å². The van der Waals surface area contributed by atoms with Gasteiger partial charge in [0.05, 0.1) is 6.54 Å². The lowest BCUT2D eigenvalue weighted by molar-refractivity contribution is -0.208. The van der Waals surface area contributed by atoms with E-state index >= 15 is 0 Å². The Hall–Kier alpha value is -1.04. The summed E-state index contributed by atoms with van der Waals surface area (Å²) < 4.78 is 36.1. The third kappa shape index (κ3) is 2.31. The van der Waals surface area contributed by atoms with Crippen LogP contribution in [-0.4, -0.2) is 20.8 Å². The van der Waals surface area contributed by atoms with Crippen LogP contribution in [-0.2, 0) is 15.3 Å². The number of ether oxygens (including phenoxy) is 2. The van der Waals surface area contributed by atoms with Crippen LogP contribution in [0, 0.1) is 11.6 Å². The molecule has 2 N–H and O–H groups in total. The zero-order valence-electron chi connectivity index (χ0n) is 8.59. The minimum Gasteiger partial charge on any atom is -0.348 e. The molecule has 0 heterocycles. The van der Waals surface area contributed by atoms with Gasteiger partial charge in [-0.25, -0.2) is 8.78 Å². The second-order valence-electron chi connectivity index (χ2n) is 3.02. The van der Waals surface area contributed by atoms with Gasteiger partial charge in [-0.2, -0.15) is 0 Å². The van der Waals surface area contributed by atoms with Gasteiger partial charge in [0.25, 0.3) is 0 Å². The van der Waals surface area contributed by atoms with Crippen LogP contribution in [0.5, 0.6) is 0 Å². The van der Waals surface area contributed by atoms with E-state index in [4.69, 9.17) is 15.2 Å². The van der Waals surface area contributed by atoms with Gasteiger partial charge < -0.3 is 15.2 Å². The molecular weight excluding hydrogens is 204 g/mol. The van der Waals surface area contributed by atoms with E-state index in [0.717, 1.165) is 18.2 Å². The van der Waals surface area contributed by atoms with Crippen LogP contribution in [0.2, 0.25) is 0 Å². The maximum absolute atomic E-state index is 13.0. The molecule has 0 unspecified atom stereocenters. The Morgan fingerprint density at radius 3 is 1.93 bits per heavy atom. The lowest BCUT2D eigenvalue weighted by Gasteiger charge is -2.29. The molecule has 1 rings (SSSR count). The molecule has 1 aromatic rings. The molecule has 0 saturated carbocycles. The molecule has 0 bridgehead atoms. The summed E-state index contributed by atoms with van der Waals surface area (Å²) in [6.07, 6.45) is 0. The fourth-order valence-corrected chi connectivity index (χ4v) is 1.38. The van der Waals surface area contributed by atoms with E-state index in [1.54, 1.807) is 0 Å². The van der Waals surface area contributed by atoms with Gasteiger partial charge in [-0.3, -0.25) is 0 Å². The van der Waals surface area contributed by atoms with E-state index in [0.29, 0.717) is 0 Å². The minimum absolute atomic E-state index is 0.0388. The van der Waals surface area contributed by atoms with Crippen molar-refractivity contribution >= 4 is 0 Å². The van der Waals surface area contributed by atoms with Gasteiger partial charge in [-0.05, 0) is 12.1 Å². The fraction of sp³-hybridized carbons (Fsp3) is 0.400. The van der Waals surface area contributed by atoms with Crippen LogP contribution >= 0.6 is 0 Å². The summed E-state index contributed by atoms with van der Waals surface area (Å²) in [7, 11) is 2.72. The molecule has 0 saturated heterocycles. The zero-order valence-corrected chi connectivity index (χ0v) is 8.59. The molecule has 5 heteroatoms. The standard InChI is InChI=1S/C10H13F2NO2/c1-14-10(6-13,15-2)7-3-8(11)5-9(12)4-7/h3-5H,6,13H2,1-2H3. The monoisotopic (exact) mass is 217 g/mol. The number of hydrogen-bond acceptors (Lipinski definition) is 3. The second-order valence-corrected chi connectivity index (χ2v) is 3.02. The van der Waals surface area contributed by atoms with Crippen molar-refractivity contribution in [2.45, 2.75) is 5.79 Å². The van der Waals surface area contributed by atoms with Gasteiger partial charge in [0.15, 0.2) is 0 Å². The molecule has 0 atom stereocenters. The Bertz CT molecular complexity index is 312. The molecule has 1 aromatic carbocycles. The first kappa shape index (κ1) is 12.0. The Labute approximate surface area is 86.8 Å². The topological polar surface area (TPSA) is 44.5 Å². The lowest BCUT2D eigenvalue weighted by atomic mass is 10.1. The van der Waals surface area contributed by atoms with Crippen molar-refractivity contribution in [3.05, 3.63) is 35.4 Å². The summed E-state index contributed by atoms with van der Waals surface area (Å²) in [6.45, 7) is -0.0388. The van der Waals surface area contributed by atoms with E-state index in [-0.39, 0.29) is 12.1 Å². The Kier molecular flexibility index (Phi) is 3.73. The van der Waals surface area contributed by atoms with E-state index in [2.05, 4.69) is 0 Å². The lowest BCUT2D eigenvalue weighted by Crippen LogP contribution is -2.39. The predicted octanol–water partition coefficient (Wildman–Crippen LogP) is 1.37. The summed E-state index contributed by atoms with van der Waals surface area (Å²) in [5.74, 6) is -2.70. The third-order valence-electron chi connectivity index (χ3n) is 2.23. The highest BCUT2D eigenvalue weighted by Gasteiger charge is 2.31. The average Bonchev–Trinajstić information content (AvgIpc) is 2.20. The number of halogens is 2. The largest absolute Gasteiger partial charge is 0.348 e. The highest BCUT2D eigenvalue weighted by atomic mass is 19.1. The normalized spacial score (nSPS) is 11.8. The van der Waals surface area contributed by atoms with E-state index in [9.17, 15) is 8.78 Å². The van der Waals surface area contributed by atoms with Crippen molar-refractivity contribution in [1.29, 1.82) is 0 Å². The van der Waals surface area contributed by atoms with Crippen LogP contribution in [0.15, 0.2) is 18.2 Å². The molecule has 0 spiro atoms. The quantitative estimate of drug-likeness (QED) is 0.775. The summed E-state index contributed by atoms with van der Waals surface area (Å²) in [6, 6.07) is 3.03. The van der Waals surface area contributed by atoms with Crippen LogP contribution < -0.4 is 5.73 Å². The maximum Gasteiger partial charge on any atom is 0.207 e. The third-order valence-corrected chi connectivity index (χ3v) is 2.23.